The zero-order chi connectivity index (χ0) is 19.2. The van der Waals surface area contributed by atoms with Gasteiger partial charge in [-0.2, -0.15) is 8.42 Å². The van der Waals surface area contributed by atoms with Crippen LogP contribution in [-0.2, 0) is 27.5 Å². The van der Waals surface area contributed by atoms with E-state index in [2.05, 4.69) is 4.98 Å². The Morgan fingerprint density at radius 3 is 2.46 bits per heavy atom. The fourth-order valence-corrected chi connectivity index (χ4v) is 2.52. The average molecular weight is 379 g/mol. The minimum absolute atomic E-state index is 0.0317. The highest BCUT2D eigenvalue weighted by atomic mass is 32.2. The summed E-state index contributed by atoms with van der Waals surface area (Å²) in [6.45, 7) is 5.91. The Labute approximate surface area is 155 Å². The molecule has 2 rings (SSSR count). The van der Waals surface area contributed by atoms with Crippen LogP contribution in [0.3, 0.4) is 0 Å². The molecular weight excluding hydrogens is 354 g/mol. The zero-order valence-electron chi connectivity index (χ0n) is 15.6. The predicted molar refractivity (Wildman–Crippen MR) is 99.8 cm³/mol. The van der Waals surface area contributed by atoms with Crippen LogP contribution in [0.15, 0.2) is 36.4 Å². The second-order valence-corrected chi connectivity index (χ2v) is 7.77. The maximum atomic E-state index is 11.4. The van der Waals surface area contributed by atoms with Gasteiger partial charge in [0.15, 0.2) is 0 Å². The number of benzene rings is 1. The number of rotatable bonds is 9. The van der Waals surface area contributed by atoms with Crippen LogP contribution in [0.25, 0.3) is 0 Å². The van der Waals surface area contributed by atoms with Crippen LogP contribution in [0.2, 0.25) is 0 Å². The Balaban J connectivity index is 2.33. The normalized spacial score (nSPS) is 12.6. The van der Waals surface area contributed by atoms with E-state index in [1.54, 1.807) is 6.07 Å². The summed E-state index contributed by atoms with van der Waals surface area (Å²) in [7, 11) is -3.61. The molecule has 0 saturated heterocycles. The molecule has 2 aromatic rings. The molecule has 0 spiro atoms. The van der Waals surface area contributed by atoms with Crippen LogP contribution in [-0.4, -0.2) is 25.8 Å². The highest BCUT2D eigenvalue weighted by Crippen LogP contribution is 2.31. The van der Waals surface area contributed by atoms with Gasteiger partial charge in [0, 0.05) is 11.8 Å². The molecule has 0 aliphatic heterocycles. The summed E-state index contributed by atoms with van der Waals surface area (Å²) in [6, 6.07) is 11.4. The number of hydrogen-bond acceptors (Lipinski definition) is 6. The van der Waals surface area contributed by atoms with Gasteiger partial charge in [0.2, 0.25) is 5.88 Å². The fraction of sp³-hybridized carbons (Fsp3) is 0.421. The molecule has 0 bridgehead atoms. The number of hydrogen-bond donors (Lipinski definition) is 0. The molecule has 7 heteroatoms. The molecule has 1 heterocycles. The van der Waals surface area contributed by atoms with Gasteiger partial charge in [-0.3, -0.25) is 4.18 Å². The summed E-state index contributed by atoms with van der Waals surface area (Å²) in [5.41, 5.74) is 2.18. The fourth-order valence-electron chi connectivity index (χ4n) is 2.19. The van der Waals surface area contributed by atoms with E-state index in [9.17, 15) is 8.42 Å². The first-order chi connectivity index (χ1) is 12.3. The van der Waals surface area contributed by atoms with Crippen LogP contribution < -0.4 is 9.47 Å². The quantitative estimate of drug-likeness (QED) is 0.620. The Bertz CT molecular complexity index is 821. The molecule has 26 heavy (non-hydrogen) atoms. The molecule has 0 aliphatic rings. The Kier molecular flexibility index (Phi) is 6.99. The Morgan fingerprint density at radius 2 is 1.85 bits per heavy atom. The highest BCUT2D eigenvalue weighted by molar-refractivity contribution is 7.85. The number of pyridine rings is 1. The van der Waals surface area contributed by atoms with Gasteiger partial charge in [-0.25, -0.2) is 4.98 Å². The van der Waals surface area contributed by atoms with Crippen molar-refractivity contribution in [2.45, 2.75) is 46.5 Å². The van der Waals surface area contributed by atoms with Crippen molar-refractivity contribution in [2.75, 3.05) is 6.26 Å². The van der Waals surface area contributed by atoms with E-state index in [0.29, 0.717) is 23.8 Å². The van der Waals surface area contributed by atoms with Gasteiger partial charge in [-0.15, -0.1) is 0 Å². The summed E-state index contributed by atoms with van der Waals surface area (Å²) in [5, 5.41) is 0. The van der Waals surface area contributed by atoms with Gasteiger partial charge in [0.05, 0.1) is 17.9 Å². The van der Waals surface area contributed by atoms with Gasteiger partial charge < -0.3 is 9.47 Å². The number of aryl methyl sites for hydroxylation is 1. The molecule has 0 amide bonds. The first kappa shape index (κ1) is 20.2. The van der Waals surface area contributed by atoms with Crippen molar-refractivity contribution in [1.82, 2.24) is 4.98 Å². The second-order valence-electron chi connectivity index (χ2n) is 6.12. The van der Waals surface area contributed by atoms with E-state index in [-0.39, 0.29) is 12.7 Å². The Morgan fingerprint density at radius 1 is 1.15 bits per heavy atom. The monoisotopic (exact) mass is 379 g/mol. The summed E-state index contributed by atoms with van der Waals surface area (Å²) in [6.07, 6.45) is 1.79. The van der Waals surface area contributed by atoms with E-state index in [4.69, 9.17) is 13.7 Å². The number of aromatic nitrogens is 1. The van der Waals surface area contributed by atoms with Crippen molar-refractivity contribution in [2.24, 2.45) is 0 Å². The van der Waals surface area contributed by atoms with Crippen molar-refractivity contribution in [3.8, 4) is 11.6 Å². The number of ether oxygens (including phenoxy) is 2. The van der Waals surface area contributed by atoms with Gasteiger partial charge in [0.25, 0.3) is 10.1 Å². The van der Waals surface area contributed by atoms with Crippen LogP contribution in [0.4, 0.5) is 0 Å². The van der Waals surface area contributed by atoms with Crippen LogP contribution in [0.1, 0.15) is 37.1 Å². The van der Waals surface area contributed by atoms with Gasteiger partial charge in [0.1, 0.15) is 19.0 Å². The van der Waals surface area contributed by atoms with Crippen molar-refractivity contribution < 1.29 is 22.1 Å². The molecule has 1 aromatic heterocycles. The van der Waals surface area contributed by atoms with E-state index >= 15 is 0 Å². The number of nitrogens with zero attached hydrogens (tertiary/aromatic N) is 1. The maximum absolute atomic E-state index is 11.4. The second kappa shape index (κ2) is 9.00. The van der Waals surface area contributed by atoms with E-state index in [1.807, 2.05) is 51.1 Å². The zero-order valence-corrected chi connectivity index (χ0v) is 16.4. The molecule has 1 aromatic carbocycles. The van der Waals surface area contributed by atoms with E-state index in [1.165, 1.54) is 0 Å². The standard InChI is InChI=1S/C19H25NO5S/c1-5-15(3)25-18-11-14(2)20-19(17(18)13-24-26(4,21)22)23-12-16-9-7-6-8-10-16/h6-11,15H,5,12-13H2,1-4H3. The van der Waals surface area contributed by atoms with Crippen molar-refractivity contribution in [3.05, 3.63) is 53.2 Å². The third-order valence-corrected chi connectivity index (χ3v) is 4.26. The largest absolute Gasteiger partial charge is 0.490 e. The summed E-state index contributed by atoms with van der Waals surface area (Å²) in [5.74, 6) is 0.842. The van der Waals surface area contributed by atoms with Crippen LogP contribution >= 0.6 is 0 Å². The molecule has 0 aliphatic carbocycles. The summed E-state index contributed by atoms with van der Waals surface area (Å²) < 4.78 is 39.6. The third kappa shape index (κ3) is 6.31. The van der Waals surface area contributed by atoms with Gasteiger partial charge in [-0.05, 0) is 25.8 Å². The molecule has 0 saturated carbocycles. The lowest BCUT2D eigenvalue weighted by atomic mass is 10.2. The Hall–Kier alpha value is -2.12. The molecule has 1 atom stereocenters. The van der Waals surface area contributed by atoms with Gasteiger partial charge >= 0.3 is 0 Å². The lowest BCUT2D eigenvalue weighted by Crippen LogP contribution is -2.14. The average Bonchev–Trinajstić information content (AvgIpc) is 2.58. The molecule has 0 fully saturated rings. The topological polar surface area (TPSA) is 74.7 Å². The first-order valence-electron chi connectivity index (χ1n) is 8.46. The summed E-state index contributed by atoms with van der Waals surface area (Å²) >= 11 is 0. The SMILES string of the molecule is CCC(C)Oc1cc(C)nc(OCc2ccccc2)c1COS(C)(=O)=O. The lowest BCUT2D eigenvalue weighted by Gasteiger charge is -2.19. The predicted octanol–water partition coefficient (Wildman–Crippen LogP) is 3.62. The minimum atomic E-state index is -3.61. The van der Waals surface area contributed by atoms with E-state index in [0.717, 1.165) is 23.9 Å². The van der Waals surface area contributed by atoms with Crippen LogP contribution in [0, 0.1) is 6.92 Å². The van der Waals surface area contributed by atoms with E-state index < -0.39 is 10.1 Å². The van der Waals surface area contributed by atoms with Gasteiger partial charge in [-0.1, -0.05) is 37.3 Å². The minimum Gasteiger partial charge on any atom is -0.490 e. The molecule has 0 N–H and O–H groups in total. The van der Waals surface area contributed by atoms with Crippen molar-refractivity contribution in [3.63, 3.8) is 0 Å². The molecule has 6 nitrogen and oxygen atoms in total. The summed E-state index contributed by atoms with van der Waals surface area (Å²) in [4.78, 5) is 4.41. The highest BCUT2D eigenvalue weighted by Gasteiger charge is 2.18. The molecule has 1 unspecified atom stereocenters. The lowest BCUT2D eigenvalue weighted by molar-refractivity contribution is 0.203. The van der Waals surface area contributed by atoms with Crippen molar-refractivity contribution in [1.29, 1.82) is 0 Å². The molecule has 0 radical (unpaired) electrons. The third-order valence-electron chi connectivity index (χ3n) is 3.71. The molecule has 142 valence electrons. The first-order valence-corrected chi connectivity index (χ1v) is 10.3. The maximum Gasteiger partial charge on any atom is 0.264 e. The smallest absolute Gasteiger partial charge is 0.264 e. The van der Waals surface area contributed by atoms with Crippen LogP contribution in [0.5, 0.6) is 11.6 Å². The van der Waals surface area contributed by atoms with Crippen molar-refractivity contribution >= 4 is 10.1 Å². The molecular formula is C19H25NO5S.